The molecule has 0 bridgehead atoms. The van der Waals surface area contributed by atoms with Crippen LogP contribution in [0.15, 0.2) is 12.1 Å². The highest BCUT2D eigenvalue weighted by Gasteiger charge is 2.20. The molecule has 0 saturated carbocycles. The van der Waals surface area contributed by atoms with Gasteiger partial charge in [-0.05, 0) is 12.1 Å². The maximum Gasteiger partial charge on any atom is 0.312 e. The maximum atomic E-state index is 12.7. The van der Waals surface area contributed by atoms with Crippen LogP contribution < -0.4 is 5.73 Å². The van der Waals surface area contributed by atoms with E-state index in [1.165, 1.54) is 0 Å². The fraction of sp³-hybridized carbons (Fsp3) is 0. The highest BCUT2D eigenvalue weighted by molar-refractivity contribution is 5.66. The van der Waals surface area contributed by atoms with Crippen LogP contribution in [0.1, 0.15) is 5.56 Å². The van der Waals surface area contributed by atoms with Crippen molar-refractivity contribution in [3.05, 3.63) is 33.6 Å². The second-order valence-corrected chi connectivity index (χ2v) is 2.23. The molecular weight excluding hydrogens is 177 g/mol. The van der Waals surface area contributed by atoms with E-state index in [2.05, 4.69) is 0 Å². The number of nitro benzene ring substituents is 1. The summed E-state index contributed by atoms with van der Waals surface area (Å²) in [6, 6.07) is 3.49. The van der Waals surface area contributed by atoms with Gasteiger partial charge < -0.3 is 5.73 Å². The fourth-order valence-electron chi connectivity index (χ4n) is 0.870. The van der Waals surface area contributed by atoms with Gasteiger partial charge in [0.15, 0.2) is 5.82 Å². The van der Waals surface area contributed by atoms with Crippen LogP contribution in [0.5, 0.6) is 0 Å². The van der Waals surface area contributed by atoms with Gasteiger partial charge in [-0.3, -0.25) is 10.1 Å². The van der Waals surface area contributed by atoms with Crippen molar-refractivity contribution in [1.82, 2.24) is 0 Å². The normalized spacial score (nSPS) is 9.23. The van der Waals surface area contributed by atoms with Crippen molar-refractivity contribution in [1.29, 1.82) is 5.26 Å². The quantitative estimate of drug-likeness (QED) is 0.400. The molecule has 0 saturated heterocycles. The number of nitrogens with zero attached hydrogens (tertiary/aromatic N) is 2. The summed E-state index contributed by atoms with van der Waals surface area (Å²) in [5.41, 5.74) is 3.56. The summed E-state index contributed by atoms with van der Waals surface area (Å²) in [6.45, 7) is 0. The Morgan fingerprint density at radius 3 is 2.69 bits per heavy atom. The van der Waals surface area contributed by atoms with Crippen LogP contribution in [0.3, 0.4) is 0 Å². The Morgan fingerprint density at radius 1 is 1.62 bits per heavy atom. The van der Waals surface area contributed by atoms with Crippen LogP contribution in [0.4, 0.5) is 15.8 Å². The second-order valence-electron chi connectivity index (χ2n) is 2.23. The largest absolute Gasteiger partial charge is 0.391 e. The average Bonchev–Trinajstić information content (AvgIpc) is 2.08. The van der Waals surface area contributed by atoms with E-state index in [4.69, 9.17) is 11.0 Å². The summed E-state index contributed by atoms with van der Waals surface area (Å²) in [7, 11) is 0. The number of rotatable bonds is 1. The van der Waals surface area contributed by atoms with E-state index >= 15 is 0 Å². The molecule has 0 aliphatic heterocycles. The Kier molecular flexibility index (Phi) is 2.11. The number of nitrogens with two attached hydrogens (primary N) is 1. The summed E-state index contributed by atoms with van der Waals surface area (Å²) < 4.78 is 12.7. The Morgan fingerprint density at radius 2 is 2.23 bits per heavy atom. The smallest absolute Gasteiger partial charge is 0.312 e. The zero-order chi connectivity index (χ0) is 10.0. The Bertz CT molecular complexity index is 411. The second kappa shape index (κ2) is 3.06. The molecule has 0 atom stereocenters. The molecular formula is C7H4FN3O2. The first kappa shape index (κ1) is 8.93. The monoisotopic (exact) mass is 181 g/mol. The number of hydrogen-bond donors (Lipinski definition) is 1. The van der Waals surface area contributed by atoms with Gasteiger partial charge in [0, 0.05) is 0 Å². The SMILES string of the molecule is N#Cc1ccc(F)c(N)c1[N+](=O)[O-]. The first-order chi connectivity index (χ1) is 6.07. The molecule has 0 radical (unpaired) electrons. The van der Waals surface area contributed by atoms with Gasteiger partial charge in [-0.15, -0.1) is 0 Å². The summed E-state index contributed by atoms with van der Waals surface area (Å²) in [5.74, 6) is -0.897. The molecule has 0 fully saturated rings. The predicted octanol–water partition coefficient (Wildman–Crippen LogP) is 1.19. The molecule has 13 heavy (non-hydrogen) atoms. The Hall–Kier alpha value is -2.16. The van der Waals surface area contributed by atoms with Gasteiger partial charge in [0.2, 0.25) is 0 Å². The van der Waals surface area contributed by atoms with Gasteiger partial charge in [-0.25, -0.2) is 4.39 Å². The van der Waals surface area contributed by atoms with Crippen LogP contribution in [0, 0.1) is 27.3 Å². The standard InChI is InChI=1S/C7H4FN3O2/c8-5-2-1-4(3-9)7(6(5)10)11(12)13/h1-2H,10H2. The molecule has 66 valence electrons. The van der Waals surface area contributed by atoms with Crippen LogP contribution in [0.2, 0.25) is 0 Å². The molecule has 2 N–H and O–H groups in total. The van der Waals surface area contributed by atoms with Crippen molar-refractivity contribution < 1.29 is 9.31 Å². The van der Waals surface area contributed by atoms with Crippen LogP contribution in [-0.4, -0.2) is 4.92 Å². The molecule has 0 amide bonds. The molecule has 0 aliphatic rings. The third kappa shape index (κ3) is 1.39. The van der Waals surface area contributed by atoms with Crippen molar-refractivity contribution in [2.75, 3.05) is 5.73 Å². The maximum absolute atomic E-state index is 12.7. The lowest BCUT2D eigenvalue weighted by molar-refractivity contribution is -0.384. The predicted molar refractivity (Wildman–Crippen MR) is 42.2 cm³/mol. The molecule has 0 unspecified atom stereocenters. The zero-order valence-electron chi connectivity index (χ0n) is 6.32. The number of anilines is 1. The fourth-order valence-corrected chi connectivity index (χ4v) is 0.870. The van der Waals surface area contributed by atoms with Crippen molar-refractivity contribution in [3.63, 3.8) is 0 Å². The molecule has 6 heteroatoms. The van der Waals surface area contributed by atoms with Crippen LogP contribution in [-0.2, 0) is 0 Å². The van der Waals surface area contributed by atoms with Crippen LogP contribution in [0.25, 0.3) is 0 Å². The lowest BCUT2D eigenvalue weighted by atomic mass is 10.1. The lowest BCUT2D eigenvalue weighted by Gasteiger charge is -1.99. The van der Waals surface area contributed by atoms with E-state index in [0.717, 1.165) is 12.1 Å². The zero-order valence-corrected chi connectivity index (χ0v) is 6.32. The van der Waals surface area contributed by atoms with E-state index in [9.17, 15) is 14.5 Å². The van der Waals surface area contributed by atoms with Gasteiger partial charge in [0.05, 0.1) is 4.92 Å². The number of nitro groups is 1. The third-order valence-corrected chi connectivity index (χ3v) is 1.47. The van der Waals surface area contributed by atoms with E-state index in [1.807, 2.05) is 0 Å². The van der Waals surface area contributed by atoms with Gasteiger partial charge >= 0.3 is 5.69 Å². The van der Waals surface area contributed by atoms with Crippen molar-refractivity contribution in [3.8, 4) is 6.07 Å². The Labute approximate surface area is 72.3 Å². The highest BCUT2D eigenvalue weighted by Crippen LogP contribution is 2.27. The molecule has 1 aromatic carbocycles. The first-order valence-corrected chi connectivity index (χ1v) is 3.20. The number of hydrogen-bond acceptors (Lipinski definition) is 4. The Balaban J connectivity index is 3.53. The summed E-state index contributed by atoms with van der Waals surface area (Å²) in [6.07, 6.45) is 0. The first-order valence-electron chi connectivity index (χ1n) is 3.20. The van der Waals surface area contributed by atoms with E-state index < -0.39 is 22.1 Å². The molecule has 0 heterocycles. The van der Waals surface area contributed by atoms with Crippen molar-refractivity contribution in [2.45, 2.75) is 0 Å². The van der Waals surface area contributed by atoms with Gasteiger partial charge in [0.1, 0.15) is 17.3 Å². The minimum atomic E-state index is -0.897. The number of nitrogen functional groups attached to an aromatic ring is 1. The van der Waals surface area contributed by atoms with Gasteiger partial charge in [-0.1, -0.05) is 0 Å². The lowest BCUT2D eigenvalue weighted by Crippen LogP contribution is -2.01. The van der Waals surface area contributed by atoms with E-state index in [0.29, 0.717) is 0 Å². The molecule has 1 aromatic rings. The summed E-state index contributed by atoms with van der Waals surface area (Å²) >= 11 is 0. The summed E-state index contributed by atoms with van der Waals surface area (Å²) in [5, 5.41) is 18.8. The van der Waals surface area contributed by atoms with Crippen molar-refractivity contribution >= 4 is 11.4 Å². The molecule has 1 rings (SSSR count). The number of benzene rings is 1. The minimum Gasteiger partial charge on any atom is -0.391 e. The number of nitriles is 1. The number of halogens is 1. The van der Waals surface area contributed by atoms with Gasteiger partial charge in [-0.2, -0.15) is 5.26 Å². The third-order valence-electron chi connectivity index (χ3n) is 1.47. The van der Waals surface area contributed by atoms with Crippen molar-refractivity contribution in [2.24, 2.45) is 0 Å². The minimum absolute atomic E-state index is 0.246. The van der Waals surface area contributed by atoms with Gasteiger partial charge in [0.25, 0.3) is 0 Å². The molecule has 0 aromatic heterocycles. The van der Waals surface area contributed by atoms with E-state index in [-0.39, 0.29) is 5.56 Å². The topological polar surface area (TPSA) is 93.0 Å². The highest BCUT2D eigenvalue weighted by atomic mass is 19.1. The molecule has 0 aliphatic carbocycles. The van der Waals surface area contributed by atoms with E-state index in [1.54, 1.807) is 6.07 Å². The average molecular weight is 181 g/mol. The molecule has 5 nitrogen and oxygen atoms in total. The van der Waals surface area contributed by atoms with Crippen LogP contribution >= 0.6 is 0 Å². The molecule has 0 spiro atoms. The summed E-state index contributed by atoms with van der Waals surface area (Å²) in [4.78, 5) is 9.48.